The van der Waals surface area contributed by atoms with E-state index in [1.807, 2.05) is 4.90 Å². The zero-order chi connectivity index (χ0) is 18.7. The summed E-state index contributed by atoms with van der Waals surface area (Å²) >= 11 is 0. The largest absolute Gasteiger partial charge is 0.438 e. The number of amides is 1. The van der Waals surface area contributed by atoms with Gasteiger partial charge in [0.15, 0.2) is 12.2 Å². The molecule has 0 saturated carbocycles. The zero-order valence-electron chi connectivity index (χ0n) is 15.4. The molecule has 0 aliphatic carbocycles. The minimum atomic E-state index is -0.166. The SMILES string of the molecule is COCc1nc(CC2CCOC3(CCN(C(=O)c4cnco4)CC3)C2)no1. The monoisotopic (exact) mass is 376 g/mol. The first kappa shape index (κ1) is 18.1. The van der Waals surface area contributed by atoms with Crippen molar-refractivity contribution in [1.29, 1.82) is 0 Å². The third-order valence-corrected chi connectivity index (χ3v) is 5.45. The molecule has 1 amide bonds. The number of likely N-dealkylation sites (tertiary alicyclic amines) is 1. The number of rotatable bonds is 5. The van der Waals surface area contributed by atoms with Crippen molar-refractivity contribution in [3.05, 3.63) is 30.1 Å². The Balaban J connectivity index is 1.33. The minimum Gasteiger partial charge on any atom is -0.438 e. The fraction of sp³-hybridized carbons (Fsp3) is 0.667. The van der Waals surface area contributed by atoms with Gasteiger partial charge in [0.25, 0.3) is 11.8 Å². The highest BCUT2D eigenvalue weighted by Crippen LogP contribution is 2.38. The summed E-state index contributed by atoms with van der Waals surface area (Å²) in [6, 6.07) is 0. The Bertz CT molecular complexity index is 752. The van der Waals surface area contributed by atoms with Crippen LogP contribution in [-0.2, 0) is 22.5 Å². The van der Waals surface area contributed by atoms with Crippen LogP contribution in [0.25, 0.3) is 0 Å². The van der Waals surface area contributed by atoms with Crippen LogP contribution in [0, 0.1) is 5.92 Å². The molecule has 2 fully saturated rings. The Hall–Kier alpha value is -2.26. The Morgan fingerprint density at radius 2 is 2.26 bits per heavy atom. The summed E-state index contributed by atoms with van der Waals surface area (Å²) < 4.78 is 21.5. The molecule has 2 aliphatic heterocycles. The molecule has 0 radical (unpaired) electrons. The highest BCUT2D eigenvalue weighted by Gasteiger charge is 2.41. The summed E-state index contributed by atoms with van der Waals surface area (Å²) in [7, 11) is 1.60. The Morgan fingerprint density at radius 3 is 3.00 bits per heavy atom. The number of methoxy groups -OCH3 is 1. The van der Waals surface area contributed by atoms with E-state index in [2.05, 4.69) is 15.1 Å². The average Bonchev–Trinajstić information content (AvgIpc) is 3.35. The first-order valence-corrected chi connectivity index (χ1v) is 9.29. The van der Waals surface area contributed by atoms with Crippen LogP contribution in [0.15, 0.2) is 21.5 Å². The van der Waals surface area contributed by atoms with Crippen molar-refractivity contribution < 1.29 is 23.2 Å². The van der Waals surface area contributed by atoms with Crippen LogP contribution >= 0.6 is 0 Å². The van der Waals surface area contributed by atoms with E-state index in [1.165, 1.54) is 12.6 Å². The second kappa shape index (κ2) is 7.77. The number of ether oxygens (including phenoxy) is 2. The van der Waals surface area contributed by atoms with Crippen molar-refractivity contribution in [2.45, 2.75) is 44.3 Å². The van der Waals surface area contributed by atoms with Gasteiger partial charge >= 0.3 is 0 Å². The molecule has 2 aromatic heterocycles. The van der Waals surface area contributed by atoms with Gasteiger partial charge in [-0.15, -0.1) is 0 Å². The molecule has 0 bridgehead atoms. The maximum absolute atomic E-state index is 12.4. The number of carbonyl (C=O) groups excluding carboxylic acids is 1. The molecule has 0 aromatic carbocycles. The van der Waals surface area contributed by atoms with Crippen LogP contribution in [0.2, 0.25) is 0 Å². The molecule has 4 heterocycles. The van der Waals surface area contributed by atoms with Crippen molar-refractivity contribution in [3.8, 4) is 0 Å². The molecule has 1 spiro atoms. The van der Waals surface area contributed by atoms with E-state index in [1.54, 1.807) is 7.11 Å². The third-order valence-electron chi connectivity index (χ3n) is 5.45. The van der Waals surface area contributed by atoms with Crippen LogP contribution in [0.5, 0.6) is 0 Å². The standard InChI is InChI=1S/C18H24N4O5/c1-24-11-16-20-15(21-27-16)8-13-2-7-26-18(9-13)3-5-22(6-4-18)17(23)14-10-19-12-25-14/h10,12-13H,2-9,11H2,1H3. The first-order valence-electron chi connectivity index (χ1n) is 9.29. The number of piperidine rings is 1. The van der Waals surface area contributed by atoms with Gasteiger partial charge in [-0.3, -0.25) is 4.79 Å². The summed E-state index contributed by atoms with van der Waals surface area (Å²) in [5, 5.41) is 4.05. The average molecular weight is 376 g/mol. The van der Waals surface area contributed by atoms with E-state index < -0.39 is 0 Å². The number of hydrogen-bond acceptors (Lipinski definition) is 8. The number of carbonyl (C=O) groups is 1. The quantitative estimate of drug-likeness (QED) is 0.779. The van der Waals surface area contributed by atoms with Gasteiger partial charge in [0, 0.05) is 33.2 Å². The minimum absolute atomic E-state index is 0.104. The van der Waals surface area contributed by atoms with Gasteiger partial charge in [-0.2, -0.15) is 4.98 Å². The lowest BCUT2D eigenvalue weighted by atomic mass is 9.78. The van der Waals surface area contributed by atoms with Gasteiger partial charge in [0.05, 0.1) is 11.8 Å². The Morgan fingerprint density at radius 1 is 1.41 bits per heavy atom. The second-order valence-corrected chi connectivity index (χ2v) is 7.29. The zero-order valence-corrected chi connectivity index (χ0v) is 15.4. The van der Waals surface area contributed by atoms with Crippen molar-refractivity contribution in [1.82, 2.24) is 20.0 Å². The molecule has 2 aliphatic rings. The van der Waals surface area contributed by atoms with Gasteiger partial charge in [0.1, 0.15) is 6.61 Å². The first-order chi connectivity index (χ1) is 13.2. The van der Waals surface area contributed by atoms with Gasteiger partial charge in [0.2, 0.25) is 5.76 Å². The second-order valence-electron chi connectivity index (χ2n) is 7.29. The molecular weight excluding hydrogens is 352 g/mol. The van der Waals surface area contributed by atoms with Crippen LogP contribution in [0.1, 0.15) is 48.0 Å². The summed E-state index contributed by atoms with van der Waals surface area (Å²) in [5.74, 6) is 1.86. The van der Waals surface area contributed by atoms with E-state index in [0.717, 1.165) is 44.5 Å². The van der Waals surface area contributed by atoms with Crippen molar-refractivity contribution in [2.24, 2.45) is 5.92 Å². The highest BCUT2D eigenvalue weighted by atomic mass is 16.5. The van der Waals surface area contributed by atoms with E-state index in [4.69, 9.17) is 18.4 Å². The lowest BCUT2D eigenvalue weighted by Gasteiger charge is -2.46. The Kier molecular flexibility index (Phi) is 5.22. The molecule has 2 saturated heterocycles. The molecule has 0 N–H and O–H groups in total. The van der Waals surface area contributed by atoms with Crippen molar-refractivity contribution in [2.75, 3.05) is 26.8 Å². The number of oxazole rings is 1. The van der Waals surface area contributed by atoms with Gasteiger partial charge < -0.3 is 23.3 Å². The lowest BCUT2D eigenvalue weighted by Crippen LogP contribution is -2.51. The topological polar surface area (TPSA) is 104 Å². The number of hydrogen-bond donors (Lipinski definition) is 0. The molecule has 9 heteroatoms. The Labute approximate surface area is 157 Å². The fourth-order valence-corrected chi connectivity index (χ4v) is 4.06. The molecule has 9 nitrogen and oxygen atoms in total. The third kappa shape index (κ3) is 4.03. The number of aromatic nitrogens is 3. The smallest absolute Gasteiger partial charge is 0.291 e. The fourth-order valence-electron chi connectivity index (χ4n) is 4.06. The van der Waals surface area contributed by atoms with E-state index in [0.29, 0.717) is 31.5 Å². The predicted octanol–water partition coefficient (Wildman–Crippen LogP) is 1.85. The summed E-state index contributed by atoms with van der Waals surface area (Å²) in [6.45, 7) is 2.38. The van der Waals surface area contributed by atoms with Crippen LogP contribution < -0.4 is 0 Å². The molecule has 4 rings (SSSR count). The van der Waals surface area contributed by atoms with Gasteiger partial charge in [-0.25, -0.2) is 4.98 Å². The van der Waals surface area contributed by atoms with E-state index >= 15 is 0 Å². The maximum atomic E-state index is 12.4. The summed E-state index contributed by atoms with van der Waals surface area (Å²) in [4.78, 5) is 22.4. The molecule has 1 unspecified atom stereocenters. The van der Waals surface area contributed by atoms with Crippen LogP contribution in [0.4, 0.5) is 0 Å². The summed E-state index contributed by atoms with van der Waals surface area (Å²) in [6.07, 6.45) is 7.10. The summed E-state index contributed by atoms with van der Waals surface area (Å²) in [5.41, 5.74) is -0.166. The van der Waals surface area contributed by atoms with Gasteiger partial charge in [-0.05, 0) is 31.6 Å². The predicted molar refractivity (Wildman–Crippen MR) is 91.8 cm³/mol. The van der Waals surface area contributed by atoms with Gasteiger partial charge in [-0.1, -0.05) is 5.16 Å². The van der Waals surface area contributed by atoms with Crippen LogP contribution in [0.3, 0.4) is 0 Å². The maximum Gasteiger partial charge on any atom is 0.291 e. The molecule has 27 heavy (non-hydrogen) atoms. The molecule has 1 atom stereocenters. The molecule has 2 aromatic rings. The van der Waals surface area contributed by atoms with Crippen LogP contribution in [-0.4, -0.2) is 58.3 Å². The highest BCUT2D eigenvalue weighted by molar-refractivity contribution is 5.91. The van der Waals surface area contributed by atoms with Crippen molar-refractivity contribution >= 4 is 5.91 Å². The molecule has 146 valence electrons. The van der Waals surface area contributed by atoms with E-state index in [9.17, 15) is 4.79 Å². The van der Waals surface area contributed by atoms with Crippen molar-refractivity contribution in [3.63, 3.8) is 0 Å². The molecular formula is C18H24N4O5. The normalized spacial score (nSPS) is 22.3. The van der Waals surface area contributed by atoms with E-state index in [-0.39, 0.29) is 17.3 Å². The number of nitrogens with zero attached hydrogens (tertiary/aromatic N) is 4. The lowest BCUT2D eigenvalue weighted by molar-refractivity contribution is -0.123.